The zero-order chi connectivity index (χ0) is 13.1. The maximum absolute atomic E-state index is 10.0. The lowest BCUT2D eigenvalue weighted by Crippen LogP contribution is -2.09. The molecule has 1 heterocycles. The summed E-state index contributed by atoms with van der Waals surface area (Å²) in [7, 11) is 0. The number of benzene rings is 1. The Morgan fingerprint density at radius 3 is 3.11 bits per heavy atom. The van der Waals surface area contributed by atoms with E-state index in [-0.39, 0.29) is 6.10 Å². The molecule has 0 aliphatic heterocycles. The van der Waals surface area contributed by atoms with Crippen LogP contribution in [0.25, 0.3) is 0 Å². The van der Waals surface area contributed by atoms with E-state index in [4.69, 9.17) is 4.74 Å². The van der Waals surface area contributed by atoms with Crippen LogP contribution in [-0.2, 0) is 12.8 Å². The summed E-state index contributed by atoms with van der Waals surface area (Å²) in [5.41, 5.74) is 3.64. The second kappa shape index (κ2) is 5.76. The molecule has 1 aromatic heterocycles. The summed E-state index contributed by atoms with van der Waals surface area (Å²) in [6.07, 6.45) is 3.63. The summed E-state index contributed by atoms with van der Waals surface area (Å²) in [5.74, 6) is 0.870. The van der Waals surface area contributed by atoms with Crippen molar-refractivity contribution in [3.8, 4) is 5.75 Å². The number of fused-ring (bicyclic) bond motifs is 1. The van der Waals surface area contributed by atoms with Crippen molar-refractivity contribution < 1.29 is 9.84 Å². The first-order valence-electron chi connectivity index (χ1n) is 6.78. The van der Waals surface area contributed by atoms with Gasteiger partial charge in [-0.05, 0) is 64.9 Å². The zero-order valence-electron chi connectivity index (χ0n) is 10.8. The monoisotopic (exact) mass is 274 g/mol. The summed E-state index contributed by atoms with van der Waals surface area (Å²) in [4.78, 5) is 0. The molecule has 0 saturated heterocycles. The Kier molecular flexibility index (Phi) is 3.85. The molecule has 0 fully saturated rings. The lowest BCUT2D eigenvalue weighted by Gasteiger charge is -2.22. The molecule has 0 amide bonds. The molecule has 0 radical (unpaired) electrons. The minimum absolute atomic E-state index is 0.316. The Morgan fingerprint density at radius 1 is 1.32 bits per heavy atom. The van der Waals surface area contributed by atoms with Crippen LogP contribution < -0.4 is 4.74 Å². The molecule has 0 saturated carbocycles. The van der Waals surface area contributed by atoms with E-state index in [9.17, 15) is 5.11 Å². The van der Waals surface area contributed by atoms with Crippen molar-refractivity contribution in [2.75, 3.05) is 6.61 Å². The zero-order valence-corrected chi connectivity index (χ0v) is 11.7. The van der Waals surface area contributed by atoms with E-state index in [1.807, 2.05) is 12.1 Å². The Bertz CT molecular complexity index is 534. The minimum Gasteiger partial charge on any atom is -0.493 e. The van der Waals surface area contributed by atoms with Crippen LogP contribution in [0.15, 0.2) is 35.0 Å². The van der Waals surface area contributed by atoms with Crippen LogP contribution in [0.2, 0.25) is 0 Å². The van der Waals surface area contributed by atoms with E-state index >= 15 is 0 Å². The Labute approximate surface area is 117 Å². The first-order chi connectivity index (χ1) is 9.33. The van der Waals surface area contributed by atoms with Crippen LogP contribution in [0.1, 0.15) is 35.6 Å². The molecule has 1 N–H and O–H groups in total. The molecule has 1 aliphatic rings. The molecule has 1 atom stereocenters. The van der Waals surface area contributed by atoms with E-state index in [1.165, 1.54) is 11.1 Å². The average Bonchev–Trinajstić information content (AvgIpc) is 2.93. The molecule has 19 heavy (non-hydrogen) atoms. The highest BCUT2D eigenvalue weighted by Gasteiger charge is 2.18. The van der Waals surface area contributed by atoms with Crippen molar-refractivity contribution in [2.45, 2.75) is 31.8 Å². The highest BCUT2D eigenvalue weighted by Crippen LogP contribution is 2.32. The van der Waals surface area contributed by atoms with Gasteiger partial charge in [-0.2, -0.15) is 11.3 Å². The molecule has 3 heteroatoms. The average molecular weight is 274 g/mol. The van der Waals surface area contributed by atoms with Gasteiger partial charge >= 0.3 is 0 Å². The topological polar surface area (TPSA) is 29.5 Å². The van der Waals surface area contributed by atoms with Crippen molar-refractivity contribution in [2.24, 2.45) is 0 Å². The molecule has 2 nitrogen and oxygen atoms in total. The van der Waals surface area contributed by atoms with Gasteiger partial charge in [-0.15, -0.1) is 0 Å². The normalized spacial score (nSPS) is 18.1. The molecular weight excluding hydrogens is 256 g/mol. The fourth-order valence-electron chi connectivity index (χ4n) is 2.56. The predicted octanol–water partition coefficient (Wildman–Crippen LogP) is 3.74. The van der Waals surface area contributed by atoms with Gasteiger partial charge < -0.3 is 9.84 Å². The van der Waals surface area contributed by atoms with E-state index in [1.54, 1.807) is 11.3 Å². The number of ether oxygens (including phenoxy) is 1. The summed E-state index contributed by atoms with van der Waals surface area (Å²) in [6, 6.07) is 8.25. The fraction of sp³-hybridized carbons (Fsp3) is 0.375. The molecule has 1 aromatic carbocycles. The maximum Gasteiger partial charge on any atom is 0.119 e. The lowest BCUT2D eigenvalue weighted by atomic mass is 9.89. The van der Waals surface area contributed by atoms with Crippen molar-refractivity contribution in [1.29, 1.82) is 0 Å². The Morgan fingerprint density at radius 2 is 2.26 bits per heavy atom. The number of aliphatic hydroxyl groups is 1. The number of thiophene rings is 1. The van der Waals surface area contributed by atoms with Crippen molar-refractivity contribution in [3.63, 3.8) is 0 Å². The fourth-order valence-corrected chi connectivity index (χ4v) is 3.27. The quantitative estimate of drug-likeness (QED) is 0.920. The molecular formula is C16H18O2S. The summed E-state index contributed by atoms with van der Waals surface area (Å²) >= 11 is 1.72. The van der Waals surface area contributed by atoms with Crippen LogP contribution in [0.4, 0.5) is 0 Å². The summed E-state index contributed by atoms with van der Waals surface area (Å²) < 4.78 is 5.79. The van der Waals surface area contributed by atoms with Crippen molar-refractivity contribution in [3.05, 3.63) is 51.7 Å². The second-order valence-electron chi connectivity index (χ2n) is 5.00. The van der Waals surface area contributed by atoms with E-state index in [0.29, 0.717) is 6.61 Å². The SMILES string of the molecule is OC1CCCc2ccc(OCCc3ccsc3)cc21. The van der Waals surface area contributed by atoms with Crippen LogP contribution >= 0.6 is 11.3 Å². The van der Waals surface area contributed by atoms with E-state index in [2.05, 4.69) is 22.9 Å². The van der Waals surface area contributed by atoms with Gasteiger partial charge in [0.05, 0.1) is 12.7 Å². The molecule has 2 aromatic rings. The molecule has 100 valence electrons. The highest BCUT2D eigenvalue weighted by atomic mass is 32.1. The first kappa shape index (κ1) is 12.7. The molecule has 0 spiro atoms. The smallest absolute Gasteiger partial charge is 0.119 e. The van der Waals surface area contributed by atoms with Gasteiger partial charge in [-0.25, -0.2) is 0 Å². The third-order valence-corrected chi connectivity index (χ3v) is 4.37. The molecule has 1 unspecified atom stereocenters. The number of hydrogen-bond donors (Lipinski definition) is 1. The van der Waals surface area contributed by atoms with Crippen molar-refractivity contribution in [1.82, 2.24) is 0 Å². The van der Waals surface area contributed by atoms with Gasteiger partial charge in [0.2, 0.25) is 0 Å². The third-order valence-electron chi connectivity index (χ3n) is 3.64. The summed E-state index contributed by atoms with van der Waals surface area (Å²) in [6.45, 7) is 0.686. The standard InChI is InChI=1S/C16H18O2S/c17-16-3-1-2-13-4-5-14(10-15(13)16)18-8-6-12-7-9-19-11-12/h4-5,7,9-11,16-17H,1-3,6,8H2. The number of hydrogen-bond acceptors (Lipinski definition) is 3. The predicted molar refractivity (Wildman–Crippen MR) is 77.9 cm³/mol. The van der Waals surface area contributed by atoms with Gasteiger partial charge in [0.25, 0.3) is 0 Å². The van der Waals surface area contributed by atoms with Crippen LogP contribution in [-0.4, -0.2) is 11.7 Å². The van der Waals surface area contributed by atoms with E-state index < -0.39 is 0 Å². The van der Waals surface area contributed by atoms with Gasteiger partial charge in [-0.1, -0.05) is 6.07 Å². The largest absolute Gasteiger partial charge is 0.493 e. The maximum atomic E-state index is 10.0. The molecule has 0 bridgehead atoms. The number of rotatable bonds is 4. The Balaban J connectivity index is 1.63. The summed E-state index contributed by atoms with van der Waals surface area (Å²) in [5, 5.41) is 14.2. The third kappa shape index (κ3) is 2.99. The van der Waals surface area contributed by atoms with Gasteiger partial charge in [0.15, 0.2) is 0 Å². The molecule has 1 aliphatic carbocycles. The molecule has 3 rings (SSSR count). The van der Waals surface area contributed by atoms with Crippen LogP contribution in [0.5, 0.6) is 5.75 Å². The lowest BCUT2D eigenvalue weighted by molar-refractivity contribution is 0.156. The van der Waals surface area contributed by atoms with Gasteiger partial charge in [0, 0.05) is 6.42 Å². The van der Waals surface area contributed by atoms with E-state index in [0.717, 1.165) is 37.0 Å². The number of aryl methyl sites for hydroxylation is 1. The Hall–Kier alpha value is -1.32. The van der Waals surface area contributed by atoms with Gasteiger partial charge in [0.1, 0.15) is 5.75 Å². The second-order valence-corrected chi connectivity index (χ2v) is 5.78. The minimum atomic E-state index is -0.316. The van der Waals surface area contributed by atoms with Crippen LogP contribution in [0, 0.1) is 0 Å². The van der Waals surface area contributed by atoms with Crippen molar-refractivity contribution >= 4 is 11.3 Å². The highest BCUT2D eigenvalue weighted by molar-refractivity contribution is 7.07. The first-order valence-corrected chi connectivity index (χ1v) is 7.72. The van der Waals surface area contributed by atoms with Gasteiger partial charge in [-0.3, -0.25) is 0 Å². The number of aliphatic hydroxyl groups excluding tert-OH is 1. The van der Waals surface area contributed by atoms with Crippen LogP contribution in [0.3, 0.4) is 0 Å².